The van der Waals surface area contributed by atoms with Gasteiger partial charge >= 0.3 is 0 Å². The van der Waals surface area contributed by atoms with E-state index in [1.807, 2.05) is 0 Å². The van der Waals surface area contributed by atoms with Gasteiger partial charge in [-0.3, -0.25) is 0 Å². The van der Waals surface area contributed by atoms with Gasteiger partial charge in [-0.25, -0.2) is 0 Å². The van der Waals surface area contributed by atoms with Crippen molar-refractivity contribution < 1.29 is 0 Å². The summed E-state index contributed by atoms with van der Waals surface area (Å²) in [5.41, 5.74) is 0. The van der Waals surface area contributed by atoms with Crippen LogP contribution in [0.4, 0.5) is 0 Å². The van der Waals surface area contributed by atoms with Gasteiger partial charge in [-0.2, -0.15) is 9.24 Å². The van der Waals surface area contributed by atoms with Gasteiger partial charge in [0, 0.05) is 0 Å². The molecule has 7 heavy (non-hydrogen) atoms. The van der Waals surface area contributed by atoms with Gasteiger partial charge < -0.3 is 0 Å². The largest absolute Gasteiger partial charge is 0.169 e. The van der Waals surface area contributed by atoms with Crippen molar-refractivity contribution in [2.45, 2.75) is 13.3 Å². The van der Waals surface area contributed by atoms with E-state index in [1.54, 1.807) is 0 Å². The first-order valence-electron chi connectivity index (χ1n) is 2.47. The van der Waals surface area contributed by atoms with Crippen molar-refractivity contribution in [1.29, 1.82) is 0 Å². The molecule has 0 bridgehead atoms. The Labute approximate surface area is 52.1 Å². The van der Waals surface area contributed by atoms with Crippen LogP contribution >= 0.6 is 19.9 Å². The van der Waals surface area contributed by atoms with Gasteiger partial charge in [0.05, 0.1) is 0 Å². The first-order chi connectivity index (χ1) is 3.06. The smallest absolute Gasteiger partial charge is 0.0108 e. The molecule has 0 radical (unpaired) electrons. The standard InChI is InChI=1S/C5H13ClS/c1-4-5-7(2,3)6/h4-5H2,1-3H3. The summed E-state index contributed by atoms with van der Waals surface area (Å²) >= 11 is 0. The summed E-state index contributed by atoms with van der Waals surface area (Å²) in [6.07, 6.45) is 5.46. The quantitative estimate of drug-likeness (QED) is 0.553. The van der Waals surface area contributed by atoms with Crippen LogP contribution < -0.4 is 0 Å². The molecule has 0 N–H and O–H groups in total. The lowest BCUT2D eigenvalue weighted by molar-refractivity contribution is 1.10. The molecule has 0 aliphatic carbocycles. The van der Waals surface area contributed by atoms with E-state index in [-0.39, 0.29) is 0 Å². The SMILES string of the molecule is CCCS(C)(C)Cl. The maximum absolute atomic E-state index is 5.92. The second-order valence-corrected chi connectivity index (χ2v) is 7.83. The highest BCUT2D eigenvalue weighted by molar-refractivity contribution is 8.50. The molecular formula is C5H13ClS. The molecule has 0 fully saturated rings. The number of rotatable bonds is 2. The Bertz CT molecular complexity index is 46.5. The third-order valence-corrected chi connectivity index (χ3v) is 2.53. The Morgan fingerprint density at radius 1 is 1.43 bits per heavy atom. The molecule has 0 aromatic rings. The molecule has 2 heteroatoms. The first-order valence-corrected chi connectivity index (χ1v) is 5.91. The summed E-state index contributed by atoms with van der Waals surface area (Å²) in [5.74, 6) is 1.19. The Morgan fingerprint density at radius 3 is 1.86 bits per heavy atom. The lowest BCUT2D eigenvalue weighted by Crippen LogP contribution is -1.89. The molecule has 0 aliphatic heterocycles. The fourth-order valence-corrected chi connectivity index (χ4v) is 1.92. The minimum Gasteiger partial charge on any atom is -0.169 e. The van der Waals surface area contributed by atoms with Crippen LogP contribution in [-0.2, 0) is 0 Å². The van der Waals surface area contributed by atoms with Crippen LogP contribution in [0.2, 0.25) is 0 Å². The van der Waals surface area contributed by atoms with Crippen LogP contribution in [0.3, 0.4) is 0 Å². The maximum Gasteiger partial charge on any atom is -0.0108 e. The van der Waals surface area contributed by atoms with E-state index >= 15 is 0 Å². The number of halogens is 1. The number of hydrogen-bond donors (Lipinski definition) is 0. The van der Waals surface area contributed by atoms with Crippen LogP contribution in [0.15, 0.2) is 0 Å². The third-order valence-electron chi connectivity index (χ3n) is 0.690. The monoisotopic (exact) mass is 140 g/mol. The molecule has 0 heterocycles. The molecule has 0 rings (SSSR count). The summed E-state index contributed by atoms with van der Waals surface area (Å²) in [7, 11) is 5.21. The van der Waals surface area contributed by atoms with Crippen LogP contribution in [0.1, 0.15) is 13.3 Å². The van der Waals surface area contributed by atoms with E-state index in [0.29, 0.717) is 0 Å². The van der Waals surface area contributed by atoms with Crippen molar-refractivity contribution in [2.75, 3.05) is 18.3 Å². The van der Waals surface area contributed by atoms with Gasteiger partial charge in [0.2, 0.25) is 0 Å². The third kappa shape index (κ3) is 6.64. The lowest BCUT2D eigenvalue weighted by Gasteiger charge is -2.19. The van der Waals surface area contributed by atoms with Crippen molar-refractivity contribution in [1.82, 2.24) is 0 Å². The van der Waals surface area contributed by atoms with E-state index in [9.17, 15) is 0 Å². The molecule has 0 nitrogen and oxygen atoms in total. The maximum atomic E-state index is 5.92. The van der Waals surface area contributed by atoms with Gasteiger partial charge in [-0.15, -0.1) is 0 Å². The Morgan fingerprint density at radius 2 is 1.86 bits per heavy atom. The van der Waals surface area contributed by atoms with Gasteiger partial charge in [-0.1, -0.05) is 17.6 Å². The molecule has 0 amide bonds. The average molecular weight is 141 g/mol. The summed E-state index contributed by atoms with van der Waals surface area (Å²) in [5, 5.41) is 0. The number of hydrogen-bond acceptors (Lipinski definition) is 0. The Kier molecular flexibility index (Phi) is 3.09. The Hall–Kier alpha value is 0.640. The minimum atomic E-state index is -0.702. The van der Waals surface area contributed by atoms with E-state index < -0.39 is 9.24 Å². The van der Waals surface area contributed by atoms with Gasteiger partial charge in [-0.05, 0) is 24.7 Å². The average Bonchev–Trinajstić information content (AvgIpc) is 1.30. The molecule has 0 aliphatic rings. The molecule has 0 spiro atoms. The second-order valence-electron chi connectivity index (χ2n) is 2.11. The van der Waals surface area contributed by atoms with Crippen LogP contribution in [-0.4, -0.2) is 18.3 Å². The van der Waals surface area contributed by atoms with Crippen LogP contribution in [0.5, 0.6) is 0 Å². The predicted octanol–water partition coefficient (Wildman–Crippen LogP) is 2.61. The highest BCUT2D eigenvalue weighted by atomic mass is 35.7. The van der Waals surface area contributed by atoms with Crippen LogP contribution in [0, 0.1) is 0 Å². The van der Waals surface area contributed by atoms with Crippen molar-refractivity contribution >= 4 is 19.9 Å². The molecule has 0 unspecified atom stereocenters. The zero-order chi connectivity index (χ0) is 5.91. The van der Waals surface area contributed by atoms with E-state index in [0.717, 1.165) is 0 Å². The molecule has 0 saturated carbocycles. The second kappa shape index (κ2) is 2.83. The summed E-state index contributed by atoms with van der Waals surface area (Å²) in [4.78, 5) is 0. The first kappa shape index (κ1) is 7.64. The van der Waals surface area contributed by atoms with E-state index in [1.165, 1.54) is 12.2 Å². The van der Waals surface area contributed by atoms with E-state index in [4.69, 9.17) is 10.7 Å². The molecule has 0 atom stereocenters. The summed E-state index contributed by atoms with van der Waals surface area (Å²) in [6, 6.07) is 0. The molecule has 0 aromatic carbocycles. The molecule has 46 valence electrons. The molecule has 0 aromatic heterocycles. The van der Waals surface area contributed by atoms with Crippen molar-refractivity contribution in [3.8, 4) is 0 Å². The highest BCUT2D eigenvalue weighted by Gasteiger charge is 2.02. The molecular weight excluding hydrogens is 128 g/mol. The van der Waals surface area contributed by atoms with Crippen molar-refractivity contribution in [3.63, 3.8) is 0 Å². The highest BCUT2D eigenvalue weighted by Crippen LogP contribution is 2.45. The zero-order valence-corrected chi connectivity index (χ0v) is 6.77. The van der Waals surface area contributed by atoms with E-state index in [2.05, 4.69) is 19.4 Å². The summed E-state index contributed by atoms with van der Waals surface area (Å²) in [6.45, 7) is 2.16. The van der Waals surface area contributed by atoms with Crippen molar-refractivity contribution in [3.05, 3.63) is 0 Å². The van der Waals surface area contributed by atoms with Crippen molar-refractivity contribution in [2.24, 2.45) is 0 Å². The lowest BCUT2D eigenvalue weighted by atomic mass is 10.6. The fourth-order valence-electron chi connectivity index (χ4n) is 0.485. The van der Waals surface area contributed by atoms with Gasteiger partial charge in [0.1, 0.15) is 0 Å². The van der Waals surface area contributed by atoms with Gasteiger partial charge in [0.15, 0.2) is 0 Å². The topological polar surface area (TPSA) is 0 Å². The summed E-state index contributed by atoms with van der Waals surface area (Å²) < 4.78 is 0. The predicted molar refractivity (Wildman–Crippen MR) is 40.5 cm³/mol. The Balaban J connectivity index is 3.15. The molecule has 0 saturated heterocycles. The minimum absolute atomic E-state index is 0.702. The normalized spacial score (nSPS) is 14.3. The fraction of sp³-hybridized carbons (Fsp3) is 1.00. The zero-order valence-electron chi connectivity index (χ0n) is 5.20. The van der Waals surface area contributed by atoms with Gasteiger partial charge in [0.25, 0.3) is 0 Å². The van der Waals surface area contributed by atoms with Crippen LogP contribution in [0.25, 0.3) is 0 Å².